The molecule has 212 valence electrons. The van der Waals surface area contributed by atoms with Crippen LogP contribution in [-0.4, -0.2) is 42.6 Å². The van der Waals surface area contributed by atoms with Crippen molar-refractivity contribution in [3.8, 4) is 28.8 Å². The number of hydrogen-bond donors (Lipinski definition) is 0. The third-order valence-electron chi connectivity index (χ3n) is 7.09. The van der Waals surface area contributed by atoms with Crippen LogP contribution in [0.2, 0.25) is 0 Å². The Morgan fingerprint density at radius 3 is 2.57 bits per heavy atom. The predicted molar refractivity (Wildman–Crippen MR) is 154 cm³/mol. The van der Waals surface area contributed by atoms with E-state index in [0.29, 0.717) is 52.5 Å². The van der Waals surface area contributed by atoms with E-state index in [4.69, 9.17) is 14.2 Å². The highest BCUT2D eigenvalue weighted by molar-refractivity contribution is 5.98. The van der Waals surface area contributed by atoms with Gasteiger partial charge in [-0.05, 0) is 66.2 Å². The minimum Gasteiger partial charge on any atom is -0.497 e. The zero-order valence-corrected chi connectivity index (χ0v) is 22.8. The van der Waals surface area contributed by atoms with Crippen LogP contribution in [0.1, 0.15) is 15.9 Å². The van der Waals surface area contributed by atoms with Crippen LogP contribution >= 0.6 is 0 Å². The Kier molecular flexibility index (Phi) is 7.03. The Morgan fingerprint density at radius 1 is 1.00 bits per heavy atom. The number of methoxy groups -OCH3 is 1. The molecule has 0 unspecified atom stereocenters. The Balaban J connectivity index is 1.30. The van der Waals surface area contributed by atoms with Crippen LogP contribution in [-0.2, 0) is 6.42 Å². The van der Waals surface area contributed by atoms with E-state index in [-0.39, 0.29) is 23.6 Å². The van der Waals surface area contributed by atoms with E-state index < -0.39 is 23.0 Å². The second kappa shape index (κ2) is 11.0. The van der Waals surface area contributed by atoms with Crippen LogP contribution in [0.5, 0.6) is 23.1 Å². The van der Waals surface area contributed by atoms with Crippen LogP contribution in [0, 0.1) is 11.6 Å². The van der Waals surface area contributed by atoms with Gasteiger partial charge >= 0.3 is 0 Å². The first-order valence-electron chi connectivity index (χ1n) is 13.1. The molecule has 0 radical (unpaired) electrons. The van der Waals surface area contributed by atoms with Crippen molar-refractivity contribution in [2.45, 2.75) is 6.42 Å². The first-order valence-corrected chi connectivity index (χ1v) is 13.1. The highest BCUT2D eigenvalue weighted by Crippen LogP contribution is 2.34. The average molecular weight is 570 g/mol. The number of halogens is 2. The van der Waals surface area contributed by atoms with E-state index in [0.717, 1.165) is 0 Å². The summed E-state index contributed by atoms with van der Waals surface area (Å²) in [6.07, 6.45) is 1.33. The molecule has 0 saturated carbocycles. The molecule has 0 N–H and O–H groups in total. The van der Waals surface area contributed by atoms with Crippen molar-refractivity contribution in [3.63, 3.8) is 0 Å². The molecule has 0 bridgehead atoms. The molecule has 1 aliphatic heterocycles. The average Bonchev–Trinajstić information content (AvgIpc) is 2.99. The van der Waals surface area contributed by atoms with Crippen LogP contribution in [0.4, 0.5) is 14.5 Å². The molecule has 0 spiro atoms. The summed E-state index contributed by atoms with van der Waals surface area (Å²) in [5.41, 5.74) is 1.20. The Labute approximate surface area is 239 Å². The van der Waals surface area contributed by atoms with Crippen molar-refractivity contribution in [3.05, 3.63) is 112 Å². The minimum atomic E-state index is -0.666. The molecule has 8 nitrogen and oxygen atoms in total. The van der Waals surface area contributed by atoms with Gasteiger partial charge in [0, 0.05) is 31.1 Å². The Morgan fingerprint density at radius 2 is 1.81 bits per heavy atom. The number of pyridine rings is 2. The van der Waals surface area contributed by atoms with Crippen LogP contribution in [0.25, 0.3) is 16.6 Å². The summed E-state index contributed by atoms with van der Waals surface area (Å²) in [6.45, 7) is 0.893. The van der Waals surface area contributed by atoms with Crippen LogP contribution in [0.3, 0.4) is 0 Å². The van der Waals surface area contributed by atoms with Crippen molar-refractivity contribution >= 4 is 22.4 Å². The van der Waals surface area contributed by atoms with E-state index in [1.807, 2.05) is 11.9 Å². The number of likely N-dealkylation sites (N-methyl/N-ethyl adjacent to an activating group) is 1. The van der Waals surface area contributed by atoms with Gasteiger partial charge in [-0.1, -0.05) is 6.07 Å². The monoisotopic (exact) mass is 569 g/mol. The molecule has 0 saturated heterocycles. The van der Waals surface area contributed by atoms with Crippen molar-refractivity contribution < 1.29 is 27.8 Å². The maximum atomic E-state index is 15.2. The highest BCUT2D eigenvalue weighted by Gasteiger charge is 2.26. The SMILES string of the molecule is COc1ccc2c(Oc3ccc(CC(=O)c4cc5c(n(-c6ccc(F)cc6)c4=O)OCCN5C)cc3F)ccnc2c1. The fraction of sp³-hybridized carbons (Fsp3) is 0.156. The third kappa shape index (κ3) is 5.03. The largest absolute Gasteiger partial charge is 0.497 e. The van der Waals surface area contributed by atoms with E-state index in [9.17, 15) is 14.0 Å². The van der Waals surface area contributed by atoms with Crippen LogP contribution in [0.15, 0.2) is 83.8 Å². The predicted octanol–water partition coefficient (Wildman–Crippen LogP) is 5.72. The number of carbonyl (C=O) groups is 1. The van der Waals surface area contributed by atoms with Gasteiger partial charge in [0.05, 0.1) is 36.1 Å². The van der Waals surface area contributed by atoms with Gasteiger partial charge in [-0.25, -0.2) is 13.3 Å². The smallest absolute Gasteiger partial charge is 0.268 e. The summed E-state index contributed by atoms with van der Waals surface area (Å²) < 4.78 is 47.0. The number of anilines is 1. The molecule has 0 fully saturated rings. The minimum absolute atomic E-state index is 0.0271. The molecule has 42 heavy (non-hydrogen) atoms. The van der Waals surface area contributed by atoms with Gasteiger partial charge in [0.15, 0.2) is 17.3 Å². The summed E-state index contributed by atoms with van der Waals surface area (Å²) in [7, 11) is 3.38. The fourth-order valence-electron chi connectivity index (χ4n) is 4.88. The van der Waals surface area contributed by atoms with Gasteiger partial charge in [-0.15, -0.1) is 0 Å². The maximum Gasteiger partial charge on any atom is 0.268 e. The number of rotatable bonds is 7. The third-order valence-corrected chi connectivity index (χ3v) is 7.09. The van der Waals surface area contributed by atoms with E-state index in [2.05, 4.69) is 4.98 Å². The highest BCUT2D eigenvalue weighted by atomic mass is 19.1. The molecule has 5 aromatic rings. The van der Waals surface area contributed by atoms with Crippen molar-refractivity contribution in [2.75, 3.05) is 32.2 Å². The molecule has 3 heterocycles. The molecular weight excluding hydrogens is 544 g/mol. The van der Waals surface area contributed by atoms with Crippen molar-refractivity contribution in [1.29, 1.82) is 0 Å². The van der Waals surface area contributed by atoms with E-state index >= 15 is 4.39 Å². The molecular formula is C32H25F2N3O5. The molecule has 3 aromatic carbocycles. The second-order valence-electron chi connectivity index (χ2n) is 9.79. The lowest BCUT2D eigenvalue weighted by Crippen LogP contribution is -2.35. The Bertz CT molecular complexity index is 1890. The van der Waals surface area contributed by atoms with Gasteiger partial charge in [0.1, 0.15) is 23.9 Å². The maximum absolute atomic E-state index is 15.2. The lowest BCUT2D eigenvalue weighted by molar-refractivity contribution is 0.0991. The number of ether oxygens (including phenoxy) is 3. The zero-order chi connectivity index (χ0) is 29.4. The Hall–Kier alpha value is -5.25. The van der Waals surface area contributed by atoms with Crippen LogP contribution < -0.4 is 24.7 Å². The van der Waals surface area contributed by atoms with Gasteiger partial charge in [-0.2, -0.15) is 0 Å². The molecule has 10 heteroatoms. The number of Topliss-reactive ketones (excluding diaryl/α,β-unsaturated/α-hetero) is 1. The van der Waals surface area contributed by atoms with E-state index in [1.165, 1.54) is 47.0 Å². The lowest BCUT2D eigenvalue weighted by Gasteiger charge is -2.30. The summed E-state index contributed by atoms with van der Waals surface area (Å²) in [5.74, 6) is -0.340. The molecule has 0 amide bonds. The van der Waals surface area contributed by atoms with Gasteiger partial charge < -0.3 is 19.1 Å². The fourth-order valence-corrected chi connectivity index (χ4v) is 4.88. The summed E-state index contributed by atoms with van der Waals surface area (Å²) in [4.78, 5) is 33.2. The number of fused-ring (bicyclic) bond motifs is 2. The number of aromatic nitrogens is 2. The molecule has 2 aromatic heterocycles. The number of nitrogens with zero attached hydrogens (tertiary/aromatic N) is 3. The number of hydrogen-bond acceptors (Lipinski definition) is 7. The van der Waals surface area contributed by atoms with Crippen molar-refractivity contribution in [1.82, 2.24) is 9.55 Å². The topological polar surface area (TPSA) is 82.9 Å². The zero-order valence-electron chi connectivity index (χ0n) is 22.8. The molecule has 6 rings (SSSR count). The first kappa shape index (κ1) is 26.9. The standard InChI is InChI=1S/C32H25F2N3O5/c1-36-13-14-41-32-27(36)18-24(31(39)37(32)21-6-4-20(33)5-7-21)28(38)16-19-3-10-30(25(34)15-19)42-29-11-12-35-26-17-22(40-2)8-9-23(26)29/h3-12,15,17-18H,13-14,16H2,1-2H3. The normalized spacial score (nSPS) is 12.5. The second-order valence-corrected chi connectivity index (χ2v) is 9.79. The number of benzene rings is 3. The molecule has 0 aliphatic carbocycles. The van der Waals surface area contributed by atoms with Gasteiger partial charge in [0.25, 0.3) is 5.56 Å². The molecule has 0 atom stereocenters. The summed E-state index contributed by atoms with van der Waals surface area (Å²) >= 11 is 0. The number of carbonyl (C=O) groups excluding carboxylic acids is 1. The summed E-state index contributed by atoms with van der Waals surface area (Å²) in [5, 5.41) is 0.677. The summed E-state index contributed by atoms with van der Waals surface area (Å²) in [6, 6.07) is 18.0. The first-order chi connectivity index (χ1) is 20.3. The number of ketones is 1. The quantitative estimate of drug-likeness (QED) is 0.232. The van der Waals surface area contributed by atoms with Gasteiger partial charge in [-0.3, -0.25) is 14.6 Å². The molecule has 1 aliphatic rings. The van der Waals surface area contributed by atoms with E-state index in [1.54, 1.807) is 43.6 Å². The van der Waals surface area contributed by atoms with Gasteiger partial charge in [0.2, 0.25) is 5.88 Å². The van der Waals surface area contributed by atoms with Crippen molar-refractivity contribution in [2.24, 2.45) is 0 Å². The lowest BCUT2D eigenvalue weighted by atomic mass is 10.0.